The molecule has 28 heavy (non-hydrogen) atoms. The van der Waals surface area contributed by atoms with Crippen molar-refractivity contribution in [1.29, 1.82) is 0 Å². The second-order valence-corrected chi connectivity index (χ2v) is 7.11. The predicted octanol–water partition coefficient (Wildman–Crippen LogP) is 5.24. The van der Waals surface area contributed by atoms with Gasteiger partial charge in [-0.05, 0) is 48.6 Å². The summed E-state index contributed by atoms with van der Waals surface area (Å²) in [5.41, 5.74) is 2.52. The Bertz CT molecular complexity index is 898. The van der Waals surface area contributed by atoms with Gasteiger partial charge in [0, 0.05) is 27.5 Å². The molecule has 0 atom stereocenters. The molecule has 0 saturated carbocycles. The monoisotopic (exact) mass is 419 g/mol. The van der Waals surface area contributed by atoms with Gasteiger partial charge in [-0.2, -0.15) is 0 Å². The van der Waals surface area contributed by atoms with Crippen LogP contribution in [-0.4, -0.2) is 37.4 Å². The van der Waals surface area contributed by atoms with Gasteiger partial charge >= 0.3 is 0 Å². The fourth-order valence-electron chi connectivity index (χ4n) is 2.82. The van der Waals surface area contributed by atoms with Crippen LogP contribution in [0.5, 0.6) is 17.2 Å². The van der Waals surface area contributed by atoms with E-state index < -0.39 is 4.92 Å². The van der Waals surface area contributed by atoms with Crippen LogP contribution in [-0.2, 0) is 0 Å². The van der Waals surface area contributed by atoms with Crippen LogP contribution in [0, 0.1) is 10.1 Å². The molecule has 0 radical (unpaired) electrons. The van der Waals surface area contributed by atoms with Crippen molar-refractivity contribution in [3.05, 3.63) is 57.6 Å². The van der Waals surface area contributed by atoms with Crippen molar-refractivity contribution in [2.45, 2.75) is 6.92 Å². The van der Waals surface area contributed by atoms with Crippen LogP contribution in [0.2, 0.25) is 0 Å². The van der Waals surface area contributed by atoms with Crippen molar-refractivity contribution < 1.29 is 19.1 Å². The average molecular weight is 420 g/mol. The zero-order valence-corrected chi connectivity index (χ0v) is 17.9. The van der Waals surface area contributed by atoms with Crippen molar-refractivity contribution in [2.24, 2.45) is 0 Å². The normalized spacial score (nSPS) is 11.5. The van der Waals surface area contributed by atoms with E-state index in [-0.39, 0.29) is 5.69 Å². The highest BCUT2D eigenvalue weighted by Crippen LogP contribution is 2.43. The summed E-state index contributed by atoms with van der Waals surface area (Å²) in [7, 11) is 4.66. The number of non-ortho nitro benzene ring substituents is 1. The minimum Gasteiger partial charge on any atom is -0.493 e. The molecule has 0 amide bonds. The van der Waals surface area contributed by atoms with Gasteiger partial charge in [-0.15, -0.1) is 11.8 Å². The lowest BCUT2D eigenvalue weighted by Gasteiger charge is -2.18. The Morgan fingerprint density at radius 2 is 1.54 bits per heavy atom. The van der Waals surface area contributed by atoms with Crippen LogP contribution in [0.4, 0.5) is 5.69 Å². The minimum absolute atomic E-state index is 0.0395. The molecule has 8 heteroatoms. The molecule has 0 saturated heterocycles. The zero-order chi connectivity index (χ0) is 20.8. The van der Waals surface area contributed by atoms with Gasteiger partial charge in [0.15, 0.2) is 11.5 Å². The Hall–Kier alpha value is -2.58. The largest absolute Gasteiger partial charge is 0.493 e. The van der Waals surface area contributed by atoms with Crippen LogP contribution in [0.1, 0.15) is 18.1 Å². The molecule has 0 aromatic heterocycles. The number of methoxy groups -OCH3 is 3. The van der Waals surface area contributed by atoms with Gasteiger partial charge in [-0.1, -0.05) is 12.2 Å². The zero-order valence-electron chi connectivity index (χ0n) is 16.3. The maximum atomic E-state index is 10.9. The van der Waals surface area contributed by atoms with Crippen molar-refractivity contribution in [1.82, 2.24) is 0 Å². The molecular weight excluding hydrogens is 398 g/mol. The molecule has 0 heterocycles. The van der Waals surface area contributed by atoms with Crippen LogP contribution >= 0.6 is 24.0 Å². The molecule has 2 aromatic carbocycles. The third-order valence-corrected chi connectivity index (χ3v) is 5.13. The van der Waals surface area contributed by atoms with E-state index >= 15 is 0 Å². The number of nitro benzene ring substituents is 1. The van der Waals surface area contributed by atoms with Gasteiger partial charge in [0.1, 0.15) is 0 Å². The van der Waals surface area contributed by atoms with E-state index in [9.17, 15) is 10.1 Å². The van der Waals surface area contributed by atoms with Crippen LogP contribution in [0.15, 0.2) is 36.4 Å². The maximum Gasteiger partial charge on any atom is 0.269 e. The van der Waals surface area contributed by atoms with E-state index in [1.54, 1.807) is 33.5 Å². The second-order valence-electron chi connectivity index (χ2n) is 5.68. The van der Waals surface area contributed by atoms with Gasteiger partial charge in [0.2, 0.25) is 5.75 Å². The maximum absolute atomic E-state index is 10.9. The molecule has 2 aromatic rings. The molecule has 0 N–H and O–H groups in total. The summed E-state index contributed by atoms with van der Waals surface area (Å²) in [5.74, 6) is 1.54. The Labute approximate surface area is 173 Å². The number of thioether (sulfide) groups is 1. The van der Waals surface area contributed by atoms with E-state index in [1.165, 1.54) is 23.9 Å². The molecule has 0 aliphatic rings. The first-order valence-electron chi connectivity index (χ1n) is 8.22. The second kappa shape index (κ2) is 9.57. The summed E-state index contributed by atoms with van der Waals surface area (Å²) in [6, 6.07) is 10.1. The predicted molar refractivity (Wildman–Crippen MR) is 118 cm³/mol. The van der Waals surface area contributed by atoms with Gasteiger partial charge < -0.3 is 14.2 Å². The van der Waals surface area contributed by atoms with E-state index in [0.717, 1.165) is 21.6 Å². The first-order valence-corrected chi connectivity index (χ1v) is 9.85. The lowest BCUT2D eigenvalue weighted by Crippen LogP contribution is -2.01. The number of nitro groups is 1. The van der Waals surface area contributed by atoms with Gasteiger partial charge in [0.05, 0.1) is 26.3 Å². The summed E-state index contributed by atoms with van der Waals surface area (Å²) < 4.78 is 16.3. The molecule has 148 valence electrons. The first-order chi connectivity index (χ1) is 13.4. The molecule has 0 unspecified atom stereocenters. The summed E-state index contributed by atoms with van der Waals surface area (Å²) in [4.78, 5) is 12.1. The number of benzene rings is 2. The first kappa shape index (κ1) is 21.7. The number of nitrogens with zero attached hydrogens (tertiary/aromatic N) is 1. The Kier molecular flexibility index (Phi) is 7.42. The number of allylic oxidation sites excluding steroid dienone is 1. The summed E-state index contributed by atoms with van der Waals surface area (Å²) >= 11 is 7.05. The van der Waals surface area contributed by atoms with Gasteiger partial charge in [0.25, 0.3) is 5.69 Å². The molecular formula is C20H21NO5S2. The molecule has 0 aliphatic carbocycles. The van der Waals surface area contributed by atoms with E-state index in [2.05, 4.69) is 0 Å². The number of hydrogen-bond acceptors (Lipinski definition) is 7. The smallest absolute Gasteiger partial charge is 0.269 e. The highest BCUT2D eigenvalue weighted by molar-refractivity contribution is 8.08. The van der Waals surface area contributed by atoms with Crippen molar-refractivity contribution in [3.63, 3.8) is 0 Å². The fourth-order valence-corrected chi connectivity index (χ4v) is 3.95. The molecule has 0 bridgehead atoms. The average Bonchev–Trinajstić information content (AvgIpc) is 2.70. The van der Waals surface area contributed by atoms with Crippen molar-refractivity contribution >= 4 is 45.0 Å². The molecule has 0 aliphatic heterocycles. The lowest BCUT2D eigenvalue weighted by molar-refractivity contribution is -0.384. The number of rotatable bonds is 8. The molecule has 0 spiro atoms. The topological polar surface area (TPSA) is 70.8 Å². The highest BCUT2D eigenvalue weighted by atomic mass is 32.2. The van der Waals surface area contributed by atoms with Crippen LogP contribution in [0.3, 0.4) is 0 Å². The Morgan fingerprint density at radius 1 is 1.00 bits per heavy atom. The van der Waals surface area contributed by atoms with Gasteiger partial charge in [-0.25, -0.2) is 0 Å². The molecule has 0 fully saturated rings. The Balaban J connectivity index is 2.74. The molecule has 6 nitrogen and oxygen atoms in total. The van der Waals surface area contributed by atoms with E-state index in [4.69, 9.17) is 26.4 Å². The fraction of sp³-hybridized carbons (Fsp3) is 0.250. The van der Waals surface area contributed by atoms with E-state index in [0.29, 0.717) is 22.1 Å². The Morgan fingerprint density at radius 3 is 1.89 bits per heavy atom. The highest BCUT2D eigenvalue weighted by Gasteiger charge is 2.19. The van der Waals surface area contributed by atoms with E-state index in [1.807, 2.05) is 25.3 Å². The number of hydrogen-bond donors (Lipinski definition) is 0. The van der Waals surface area contributed by atoms with Crippen LogP contribution in [0.25, 0.3) is 10.5 Å². The van der Waals surface area contributed by atoms with Crippen molar-refractivity contribution in [3.8, 4) is 17.2 Å². The minimum atomic E-state index is -0.420. The molecule has 2 rings (SSSR count). The summed E-state index contributed by atoms with van der Waals surface area (Å²) in [6.07, 6.45) is 1.94. The van der Waals surface area contributed by atoms with Crippen LogP contribution < -0.4 is 14.2 Å². The van der Waals surface area contributed by atoms with Crippen molar-refractivity contribution in [2.75, 3.05) is 27.6 Å². The third kappa shape index (κ3) is 4.45. The standard InChI is InChI=1S/C20H21NO5S2/c1-12(27)18(14-10-16(24-2)19(26-4)17(11-14)25-3)20(28-5)13-6-8-15(9-7-13)21(22)23/h6-11H,1-5H3/b20-18+. The summed E-state index contributed by atoms with van der Waals surface area (Å²) in [5, 5.41) is 10.9. The quantitative estimate of drug-likeness (QED) is 0.190. The third-order valence-electron chi connectivity index (χ3n) is 4.08. The summed E-state index contributed by atoms with van der Waals surface area (Å²) in [6.45, 7) is 1.84. The number of ether oxygens (including phenoxy) is 3. The number of thiocarbonyl (C=S) groups is 1. The van der Waals surface area contributed by atoms with Gasteiger partial charge in [-0.3, -0.25) is 10.1 Å². The SMILES string of the molecule is COc1cc(/C(C(C)=S)=C(/SC)c2ccc([N+](=O)[O-])cc2)cc(OC)c1OC. The lowest BCUT2D eigenvalue weighted by atomic mass is 9.99.